The van der Waals surface area contributed by atoms with Crippen molar-refractivity contribution in [2.24, 2.45) is 0 Å². The molecule has 0 saturated carbocycles. The third kappa shape index (κ3) is 2.33. The predicted molar refractivity (Wildman–Crippen MR) is 68.4 cm³/mol. The van der Waals surface area contributed by atoms with Gasteiger partial charge in [0, 0.05) is 36.3 Å². The minimum absolute atomic E-state index is 0.0143. The number of pyridine rings is 1. The Labute approximate surface area is 101 Å². The topological polar surface area (TPSA) is 42.0 Å². The van der Waals surface area contributed by atoms with Gasteiger partial charge in [-0.25, -0.2) is 0 Å². The highest BCUT2D eigenvalue weighted by Crippen LogP contribution is 2.20. The fourth-order valence-corrected chi connectivity index (χ4v) is 1.72. The summed E-state index contributed by atoms with van der Waals surface area (Å²) in [6, 6.07) is 9.25. The van der Waals surface area contributed by atoms with Gasteiger partial charge in [-0.3, -0.25) is 9.78 Å². The van der Waals surface area contributed by atoms with Crippen molar-refractivity contribution in [1.29, 1.82) is 0 Å². The van der Waals surface area contributed by atoms with E-state index in [1.54, 1.807) is 24.5 Å². The molecule has 0 atom stereocenters. The van der Waals surface area contributed by atoms with Crippen molar-refractivity contribution < 1.29 is 4.79 Å². The van der Waals surface area contributed by atoms with Gasteiger partial charge in [-0.05, 0) is 31.2 Å². The van der Waals surface area contributed by atoms with Gasteiger partial charge in [0.15, 0.2) is 5.78 Å². The number of aryl methyl sites for hydroxylation is 1. The predicted octanol–water partition coefficient (Wildman–Crippen LogP) is 2.66. The molecule has 3 heteroatoms. The molecule has 0 fully saturated rings. The van der Waals surface area contributed by atoms with Gasteiger partial charge in [0.2, 0.25) is 0 Å². The van der Waals surface area contributed by atoms with Gasteiger partial charge in [0.25, 0.3) is 0 Å². The fraction of sp³-hybridized carbons (Fsp3) is 0.143. The van der Waals surface area contributed by atoms with Crippen LogP contribution < -0.4 is 5.32 Å². The second-order valence-corrected chi connectivity index (χ2v) is 3.86. The van der Waals surface area contributed by atoms with Crippen LogP contribution in [0.25, 0.3) is 0 Å². The number of nitrogens with one attached hydrogen (secondary N) is 1. The first-order valence-electron chi connectivity index (χ1n) is 5.45. The van der Waals surface area contributed by atoms with Crippen LogP contribution in [0.2, 0.25) is 0 Å². The second kappa shape index (κ2) is 4.78. The lowest BCUT2D eigenvalue weighted by atomic mass is 10.0. The third-order valence-corrected chi connectivity index (χ3v) is 2.63. The molecule has 0 unspecified atom stereocenters. The zero-order chi connectivity index (χ0) is 12.3. The Morgan fingerprint density at radius 1 is 1.18 bits per heavy atom. The quantitative estimate of drug-likeness (QED) is 0.818. The van der Waals surface area contributed by atoms with E-state index in [-0.39, 0.29) is 5.78 Å². The van der Waals surface area contributed by atoms with Gasteiger partial charge in [0.1, 0.15) is 0 Å². The molecule has 3 nitrogen and oxygen atoms in total. The van der Waals surface area contributed by atoms with Crippen LogP contribution in [0.15, 0.2) is 42.7 Å². The second-order valence-electron chi connectivity index (χ2n) is 3.86. The summed E-state index contributed by atoms with van der Waals surface area (Å²) in [6.45, 7) is 1.97. The Kier molecular flexibility index (Phi) is 3.19. The molecule has 0 aliphatic heterocycles. The van der Waals surface area contributed by atoms with E-state index < -0.39 is 0 Å². The lowest BCUT2D eigenvalue weighted by molar-refractivity contribution is 0.103. The number of carbonyl (C=O) groups excluding carboxylic acids is 1. The number of hydrogen-bond donors (Lipinski definition) is 1. The number of nitrogens with zero attached hydrogens (tertiary/aromatic N) is 1. The molecule has 86 valence electrons. The molecule has 0 aliphatic rings. The van der Waals surface area contributed by atoms with Crippen molar-refractivity contribution in [1.82, 2.24) is 4.98 Å². The zero-order valence-electron chi connectivity index (χ0n) is 9.90. The van der Waals surface area contributed by atoms with Gasteiger partial charge >= 0.3 is 0 Å². The van der Waals surface area contributed by atoms with Crippen molar-refractivity contribution >= 4 is 11.5 Å². The fourth-order valence-electron chi connectivity index (χ4n) is 1.72. The normalized spacial score (nSPS) is 10.0. The molecule has 2 rings (SSSR count). The van der Waals surface area contributed by atoms with Crippen LogP contribution in [0.3, 0.4) is 0 Å². The van der Waals surface area contributed by atoms with E-state index in [9.17, 15) is 4.79 Å². The maximum Gasteiger partial charge on any atom is 0.195 e. The molecule has 0 bridgehead atoms. The minimum Gasteiger partial charge on any atom is -0.388 e. The molecule has 0 saturated heterocycles. The van der Waals surface area contributed by atoms with Crippen LogP contribution in [0, 0.1) is 6.92 Å². The van der Waals surface area contributed by atoms with Crippen molar-refractivity contribution in [3.05, 3.63) is 59.4 Å². The molecule has 0 radical (unpaired) electrons. The number of rotatable bonds is 3. The highest BCUT2D eigenvalue weighted by molar-refractivity contribution is 6.12. The van der Waals surface area contributed by atoms with Gasteiger partial charge in [-0.1, -0.05) is 11.6 Å². The van der Waals surface area contributed by atoms with E-state index >= 15 is 0 Å². The van der Waals surface area contributed by atoms with Crippen LogP contribution in [0.4, 0.5) is 5.69 Å². The summed E-state index contributed by atoms with van der Waals surface area (Å²) < 4.78 is 0. The monoisotopic (exact) mass is 226 g/mol. The van der Waals surface area contributed by atoms with Crippen LogP contribution in [-0.2, 0) is 0 Å². The third-order valence-electron chi connectivity index (χ3n) is 2.63. The standard InChI is InChI=1S/C14H14N2O/c1-10-3-4-13(15-2)12(9-10)14(17)11-5-7-16-8-6-11/h3-9,15H,1-2H3. The number of carbonyl (C=O) groups is 1. The minimum atomic E-state index is 0.0143. The van der Waals surface area contributed by atoms with Crippen molar-refractivity contribution in [2.45, 2.75) is 6.92 Å². The molecular weight excluding hydrogens is 212 g/mol. The summed E-state index contributed by atoms with van der Waals surface area (Å²) in [5.74, 6) is 0.0143. The zero-order valence-corrected chi connectivity index (χ0v) is 9.90. The van der Waals surface area contributed by atoms with E-state index in [1.165, 1.54) is 0 Å². The maximum absolute atomic E-state index is 12.3. The Balaban J connectivity index is 2.47. The molecule has 0 aliphatic carbocycles. The van der Waals surface area contributed by atoms with E-state index in [1.807, 2.05) is 32.2 Å². The average molecular weight is 226 g/mol. The number of hydrogen-bond acceptors (Lipinski definition) is 3. The maximum atomic E-state index is 12.3. The Morgan fingerprint density at radius 2 is 1.88 bits per heavy atom. The number of ketones is 1. The first-order valence-corrected chi connectivity index (χ1v) is 5.45. The van der Waals surface area contributed by atoms with E-state index in [4.69, 9.17) is 0 Å². The van der Waals surface area contributed by atoms with Gasteiger partial charge in [0.05, 0.1) is 0 Å². The van der Waals surface area contributed by atoms with Gasteiger partial charge in [-0.2, -0.15) is 0 Å². The number of aromatic nitrogens is 1. The summed E-state index contributed by atoms with van der Waals surface area (Å²) in [4.78, 5) is 16.2. The molecule has 1 aromatic carbocycles. The molecule has 0 amide bonds. The van der Waals surface area contributed by atoms with Crippen molar-refractivity contribution in [3.63, 3.8) is 0 Å². The lowest BCUT2D eigenvalue weighted by Crippen LogP contribution is -2.06. The molecule has 17 heavy (non-hydrogen) atoms. The molecule has 1 heterocycles. The highest BCUT2D eigenvalue weighted by atomic mass is 16.1. The molecular formula is C14H14N2O. The largest absolute Gasteiger partial charge is 0.388 e. The van der Waals surface area contributed by atoms with Gasteiger partial charge in [-0.15, -0.1) is 0 Å². The van der Waals surface area contributed by atoms with Crippen molar-refractivity contribution in [2.75, 3.05) is 12.4 Å². The molecule has 2 aromatic rings. The summed E-state index contributed by atoms with van der Waals surface area (Å²) in [6.07, 6.45) is 3.25. The summed E-state index contributed by atoms with van der Waals surface area (Å²) in [5, 5.41) is 3.04. The summed E-state index contributed by atoms with van der Waals surface area (Å²) >= 11 is 0. The highest BCUT2D eigenvalue weighted by Gasteiger charge is 2.12. The smallest absolute Gasteiger partial charge is 0.195 e. The Morgan fingerprint density at radius 3 is 2.53 bits per heavy atom. The summed E-state index contributed by atoms with van der Waals surface area (Å²) in [5.41, 5.74) is 3.26. The molecule has 0 spiro atoms. The van der Waals surface area contributed by atoms with Crippen LogP contribution in [-0.4, -0.2) is 17.8 Å². The number of anilines is 1. The SMILES string of the molecule is CNc1ccc(C)cc1C(=O)c1ccncc1. The van der Waals surface area contributed by atoms with Crippen molar-refractivity contribution in [3.8, 4) is 0 Å². The van der Waals surface area contributed by atoms with Crippen LogP contribution in [0.1, 0.15) is 21.5 Å². The van der Waals surface area contributed by atoms with E-state index in [0.29, 0.717) is 11.1 Å². The Bertz CT molecular complexity index is 535. The Hall–Kier alpha value is -2.16. The molecule has 1 aromatic heterocycles. The van der Waals surface area contributed by atoms with Crippen LogP contribution >= 0.6 is 0 Å². The summed E-state index contributed by atoms with van der Waals surface area (Å²) in [7, 11) is 1.81. The number of benzene rings is 1. The van der Waals surface area contributed by atoms with E-state index in [2.05, 4.69) is 10.3 Å². The first-order chi connectivity index (χ1) is 8.22. The average Bonchev–Trinajstić information content (AvgIpc) is 2.39. The molecule has 1 N–H and O–H groups in total. The lowest BCUT2D eigenvalue weighted by Gasteiger charge is -2.09. The first kappa shape index (κ1) is 11.3. The van der Waals surface area contributed by atoms with E-state index in [0.717, 1.165) is 11.3 Å². The van der Waals surface area contributed by atoms with Crippen LogP contribution in [0.5, 0.6) is 0 Å². The van der Waals surface area contributed by atoms with Gasteiger partial charge < -0.3 is 5.32 Å².